The summed E-state index contributed by atoms with van der Waals surface area (Å²) in [5.41, 5.74) is 0.701. The predicted molar refractivity (Wildman–Crippen MR) is 121 cm³/mol. The van der Waals surface area contributed by atoms with Crippen molar-refractivity contribution in [3.05, 3.63) is 34.9 Å². The third-order valence-corrected chi connectivity index (χ3v) is 4.24. The molecule has 2 rings (SSSR count). The van der Waals surface area contributed by atoms with Crippen molar-refractivity contribution in [3.8, 4) is 0 Å². The normalized spacial score (nSPS) is 17.3. The largest absolute Gasteiger partial charge is 0.444 e. The van der Waals surface area contributed by atoms with Gasteiger partial charge in [-0.3, -0.25) is 4.99 Å². The summed E-state index contributed by atoms with van der Waals surface area (Å²) in [6.07, 6.45) is 1.37. The highest BCUT2D eigenvalue weighted by molar-refractivity contribution is 14.0. The minimum Gasteiger partial charge on any atom is -0.444 e. The third-order valence-electron chi connectivity index (χ3n) is 4.01. The number of carbonyl (C=O) groups is 1. The van der Waals surface area contributed by atoms with Crippen LogP contribution in [0.15, 0.2) is 29.3 Å². The zero-order valence-corrected chi connectivity index (χ0v) is 19.5. The van der Waals surface area contributed by atoms with Crippen LogP contribution in [0.2, 0.25) is 5.02 Å². The van der Waals surface area contributed by atoms with E-state index in [0.717, 1.165) is 43.5 Å². The van der Waals surface area contributed by atoms with Crippen LogP contribution in [0.4, 0.5) is 4.79 Å². The molecule has 6 nitrogen and oxygen atoms in total. The molecule has 1 aromatic rings. The number of halogens is 2. The Morgan fingerprint density at radius 1 is 1.41 bits per heavy atom. The van der Waals surface area contributed by atoms with E-state index in [1.54, 1.807) is 7.05 Å². The van der Waals surface area contributed by atoms with Crippen LogP contribution in [0.25, 0.3) is 0 Å². The molecule has 0 spiro atoms. The van der Waals surface area contributed by atoms with Crippen LogP contribution in [-0.2, 0) is 11.2 Å². The van der Waals surface area contributed by atoms with Gasteiger partial charge < -0.3 is 20.3 Å². The maximum absolute atomic E-state index is 11.9. The van der Waals surface area contributed by atoms with Gasteiger partial charge in [-0.25, -0.2) is 4.79 Å². The Morgan fingerprint density at radius 3 is 2.78 bits per heavy atom. The lowest BCUT2D eigenvalue weighted by molar-refractivity contribution is 0.0507. The molecule has 0 aliphatic carbocycles. The number of hydrogen-bond acceptors (Lipinski definition) is 3. The average molecular weight is 509 g/mol. The van der Waals surface area contributed by atoms with Gasteiger partial charge in [-0.15, -0.1) is 24.0 Å². The number of likely N-dealkylation sites (tertiary alicyclic amines) is 1. The van der Waals surface area contributed by atoms with Crippen molar-refractivity contribution in [2.75, 3.05) is 26.7 Å². The number of ether oxygens (including phenoxy) is 1. The van der Waals surface area contributed by atoms with E-state index in [1.807, 2.05) is 39.0 Å². The topological polar surface area (TPSA) is 66.0 Å². The lowest BCUT2D eigenvalue weighted by atomic mass is 10.1. The molecule has 1 atom stereocenters. The Labute approximate surface area is 184 Å². The molecule has 0 bridgehead atoms. The van der Waals surface area contributed by atoms with Crippen LogP contribution in [0, 0.1) is 0 Å². The van der Waals surface area contributed by atoms with Crippen molar-refractivity contribution >= 4 is 47.6 Å². The molecule has 1 aliphatic rings. The predicted octanol–water partition coefficient (Wildman–Crippen LogP) is 3.67. The Bertz CT molecular complexity index is 649. The highest BCUT2D eigenvalue weighted by Crippen LogP contribution is 2.13. The summed E-state index contributed by atoms with van der Waals surface area (Å²) in [6.45, 7) is 7.92. The van der Waals surface area contributed by atoms with Crippen LogP contribution >= 0.6 is 35.6 Å². The molecule has 0 radical (unpaired) electrons. The SMILES string of the molecule is CN=C(NCCc1cccc(Cl)c1)N1CCC(NC(=O)OC(C)(C)C)C1.I. The fourth-order valence-electron chi connectivity index (χ4n) is 2.89. The first-order chi connectivity index (χ1) is 12.3. The van der Waals surface area contributed by atoms with Crippen LogP contribution in [0.1, 0.15) is 32.8 Å². The summed E-state index contributed by atoms with van der Waals surface area (Å²) in [6, 6.07) is 7.94. The van der Waals surface area contributed by atoms with E-state index in [0.29, 0.717) is 0 Å². The molecule has 0 saturated carbocycles. The summed E-state index contributed by atoms with van der Waals surface area (Å²) in [4.78, 5) is 18.4. The summed E-state index contributed by atoms with van der Waals surface area (Å²) in [7, 11) is 1.77. The average Bonchev–Trinajstić information content (AvgIpc) is 2.98. The van der Waals surface area contributed by atoms with Crippen molar-refractivity contribution in [1.82, 2.24) is 15.5 Å². The van der Waals surface area contributed by atoms with Crippen molar-refractivity contribution in [3.63, 3.8) is 0 Å². The summed E-state index contributed by atoms with van der Waals surface area (Å²) in [5.74, 6) is 0.848. The van der Waals surface area contributed by atoms with E-state index < -0.39 is 5.60 Å². The Kier molecular flexibility index (Phi) is 9.66. The number of nitrogens with one attached hydrogen (secondary N) is 2. The minimum absolute atomic E-state index is 0. The van der Waals surface area contributed by atoms with Crippen LogP contribution in [0.3, 0.4) is 0 Å². The Hall–Kier alpha value is -1.22. The van der Waals surface area contributed by atoms with Crippen molar-refractivity contribution < 1.29 is 9.53 Å². The zero-order valence-electron chi connectivity index (χ0n) is 16.4. The fourth-order valence-corrected chi connectivity index (χ4v) is 3.10. The second-order valence-electron chi connectivity index (χ2n) is 7.43. The van der Waals surface area contributed by atoms with Crippen molar-refractivity contribution in [2.45, 2.75) is 45.3 Å². The summed E-state index contributed by atoms with van der Waals surface area (Å²) in [5, 5.41) is 7.06. The number of alkyl carbamates (subject to hydrolysis) is 1. The van der Waals surface area contributed by atoms with Gasteiger partial charge >= 0.3 is 6.09 Å². The van der Waals surface area contributed by atoms with Crippen LogP contribution in [0.5, 0.6) is 0 Å². The maximum atomic E-state index is 11.9. The quantitative estimate of drug-likeness (QED) is 0.370. The fraction of sp³-hybridized carbons (Fsp3) is 0.579. The molecular formula is C19H30ClIN4O2. The molecule has 1 saturated heterocycles. The molecule has 152 valence electrons. The van der Waals surface area contributed by atoms with Crippen molar-refractivity contribution in [1.29, 1.82) is 0 Å². The van der Waals surface area contributed by atoms with Gasteiger partial charge in [0, 0.05) is 31.7 Å². The number of hydrogen-bond donors (Lipinski definition) is 2. The molecule has 2 N–H and O–H groups in total. The van der Waals surface area contributed by atoms with Gasteiger partial charge in [0.15, 0.2) is 5.96 Å². The molecule has 0 aromatic heterocycles. The molecule has 1 amide bonds. The lowest BCUT2D eigenvalue weighted by Gasteiger charge is -2.23. The van der Waals surface area contributed by atoms with E-state index in [1.165, 1.54) is 5.56 Å². The van der Waals surface area contributed by atoms with Crippen LogP contribution < -0.4 is 10.6 Å². The first-order valence-electron chi connectivity index (χ1n) is 8.96. The highest BCUT2D eigenvalue weighted by Gasteiger charge is 2.27. The molecule has 1 unspecified atom stereocenters. The Morgan fingerprint density at radius 2 is 2.15 bits per heavy atom. The number of carbonyl (C=O) groups excluding carboxylic acids is 1. The van der Waals surface area contributed by atoms with Gasteiger partial charge in [0.2, 0.25) is 0 Å². The van der Waals surface area contributed by atoms with E-state index >= 15 is 0 Å². The van der Waals surface area contributed by atoms with E-state index in [-0.39, 0.29) is 36.1 Å². The van der Waals surface area contributed by atoms with Gasteiger partial charge in [0.05, 0.1) is 6.04 Å². The number of rotatable bonds is 4. The summed E-state index contributed by atoms with van der Waals surface area (Å²) >= 11 is 6.02. The molecule has 27 heavy (non-hydrogen) atoms. The second-order valence-corrected chi connectivity index (χ2v) is 7.87. The minimum atomic E-state index is -0.486. The summed E-state index contributed by atoms with van der Waals surface area (Å²) < 4.78 is 5.32. The van der Waals surface area contributed by atoms with E-state index in [9.17, 15) is 4.79 Å². The molecular weight excluding hydrogens is 479 g/mol. The van der Waals surface area contributed by atoms with Gasteiger partial charge in [0.1, 0.15) is 5.60 Å². The van der Waals surface area contributed by atoms with E-state index in [4.69, 9.17) is 16.3 Å². The number of aliphatic imine (C=N–C) groups is 1. The monoisotopic (exact) mass is 508 g/mol. The maximum Gasteiger partial charge on any atom is 0.407 e. The number of guanidine groups is 1. The third kappa shape index (κ3) is 8.55. The molecule has 1 heterocycles. The smallest absolute Gasteiger partial charge is 0.407 e. The van der Waals surface area contributed by atoms with Crippen LogP contribution in [-0.4, -0.2) is 55.3 Å². The molecule has 1 fully saturated rings. The van der Waals surface area contributed by atoms with Gasteiger partial charge in [0.25, 0.3) is 0 Å². The molecule has 1 aliphatic heterocycles. The van der Waals surface area contributed by atoms with Gasteiger partial charge in [-0.2, -0.15) is 0 Å². The molecule has 1 aromatic carbocycles. The van der Waals surface area contributed by atoms with Gasteiger partial charge in [-0.1, -0.05) is 23.7 Å². The number of nitrogens with zero attached hydrogens (tertiary/aromatic N) is 2. The number of amides is 1. The van der Waals surface area contributed by atoms with Crippen molar-refractivity contribution in [2.24, 2.45) is 4.99 Å². The standard InChI is InChI=1S/C19H29ClN4O2.HI/c1-19(2,3)26-18(25)23-16-9-11-24(13-16)17(21-4)22-10-8-14-6-5-7-15(20)12-14;/h5-7,12,16H,8-11,13H2,1-4H3,(H,21,22)(H,23,25);1H. The first-order valence-corrected chi connectivity index (χ1v) is 9.34. The number of benzene rings is 1. The van der Waals surface area contributed by atoms with E-state index in [2.05, 4.69) is 26.6 Å². The lowest BCUT2D eigenvalue weighted by Crippen LogP contribution is -2.44. The zero-order chi connectivity index (χ0) is 19.2. The van der Waals surface area contributed by atoms with Gasteiger partial charge in [-0.05, 0) is 51.3 Å². The molecule has 8 heteroatoms. The second kappa shape index (κ2) is 10.9. The highest BCUT2D eigenvalue weighted by atomic mass is 127. The Balaban J connectivity index is 0.00000364. The first kappa shape index (κ1) is 23.8.